The van der Waals surface area contributed by atoms with Crippen molar-refractivity contribution in [2.75, 3.05) is 13.2 Å². The van der Waals surface area contributed by atoms with Crippen molar-refractivity contribution < 1.29 is 31.9 Å². The molecule has 0 unspecified atom stereocenters. The van der Waals surface area contributed by atoms with Crippen molar-refractivity contribution in [3.63, 3.8) is 0 Å². The van der Waals surface area contributed by atoms with Crippen molar-refractivity contribution in [3.8, 4) is 17.2 Å². The second kappa shape index (κ2) is 12.8. The van der Waals surface area contributed by atoms with E-state index in [9.17, 15) is 18.0 Å². The number of aromatic nitrogens is 1. The van der Waals surface area contributed by atoms with E-state index in [2.05, 4.69) is 4.98 Å². The van der Waals surface area contributed by atoms with Crippen molar-refractivity contribution in [1.82, 2.24) is 4.98 Å². The van der Waals surface area contributed by atoms with Crippen molar-refractivity contribution in [2.45, 2.75) is 33.4 Å². The third kappa shape index (κ3) is 8.24. The molecular formula is C29H28F3NO4. The van der Waals surface area contributed by atoms with Crippen molar-refractivity contribution >= 4 is 11.5 Å². The van der Waals surface area contributed by atoms with Crippen LogP contribution in [-0.2, 0) is 22.1 Å². The summed E-state index contributed by atoms with van der Waals surface area (Å²) in [6, 6.07) is 12.4. The minimum atomic E-state index is -4.39. The van der Waals surface area contributed by atoms with Gasteiger partial charge in [-0.25, -0.2) is 9.78 Å². The highest BCUT2D eigenvalue weighted by molar-refractivity contribution is 5.82. The Morgan fingerprint density at radius 2 is 1.73 bits per heavy atom. The highest BCUT2D eigenvalue weighted by Crippen LogP contribution is 2.31. The lowest BCUT2D eigenvalue weighted by Gasteiger charge is -2.07. The Morgan fingerprint density at radius 1 is 1.03 bits per heavy atom. The van der Waals surface area contributed by atoms with E-state index in [1.165, 1.54) is 18.2 Å². The summed E-state index contributed by atoms with van der Waals surface area (Å²) in [6.45, 7) is 6.21. The standard InChI is InChI=1S/C29H28F3NO4/c1-4-35-27(34)9-7-5-6-8-20(2)22-12-16-25(17-13-22)36-19-18-26-21(3)37-28(33-26)23-10-14-24(15-11-23)29(30,31)32/h5-17H,4,18-19H2,1-3H3/b6-5+,9-7+,20-8+. The molecule has 0 radical (unpaired) electrons. The van der Waals surface area contributed by atoms with Gasteiger partial charge in [-0.15, -0.1) is 0 Å². The number of hydrogen-bond acceptors (Lipinski definition) is 5. The van der Waals surface area contributed by atoms with Crippen LogP contribution in [-0.4, -0.2) is 24.2 Å². The molecule has 0 fully saturated rings. The quantitative estimate of drug-likeness (QED) is 0.162. The number of halogens is 3. The number of ether oxygens (including phenoxy) is 2. The van der Waals surface area contributed by atoms with E-state index in [1.807, 2.05) is 43.3 Å². The molecule has 0 atom stereocenters. The molecule has 0 saturated heterocycles. The topological polar surface area (TPSA) is 61.6 Å². The fraction of sp³-hybridized carbons (Fsp3) is 0.241. The predicted molar refractivity (Wildman–Crippen MR) is 136 cm³/mol. The normalized spacial score (nSPS) is 12.4. The minimum absolute atomic E-state index is 0.276. The molecule has 0 N–H and O–H groups in total. The zero-order valence-corrected chi connectivity index (χ0v) is 20.8. The molecule has 37 heavy (non-hydrogen) atoms. The fourth-order valence-electron chi connectivity index (χ4n) is 3.35. The molecule has 1 heterocycles. The monoisotopic (exact) mass is 511 g/mol. The van der Waals surface area contributed by atoms with Gasteiger partial charge >= 0.3 is 12.1 Å². The summed E-state index contributed by atoms with van der Waals surface area (Å²) < 4.78 is 54.6. The first kappa shape index (κ1) is 27.5. The summed E-state index contributed by atoms with van der Waals surface area (Å²) in [7, 11) is 0. The van der Waals surface area contributed by atoms with Crippen molar-refractivity contribution in [2.24, 2.45) is 0 Å². The number of benzene rings is 2. The van der Waals surface area contributed by atoms with Crippen LogP contribution in [0.3, 0.4) is 0 Å². The molecule has 5 nitrogen and oxygen atoms in total. The molecule has 2 aromatic carbocycles. The van der Waals surface area contributed by atoms with Gasteiger partial charge in [-0.2, -0.15) is 13.2 Å². The predicted octanol–water partition coefficient (Wildman–Crippen LogP) is 7.37. The largest absolute Gasteiger partial charge is 0.493 e. The Labute approximate surface area is 213 Å². The second-order valence-electron chi connectivity index (χ2n) is 8.07. The summed E-state index contributed by atoms with van der Waals surface area (Å²) in [6.07, 6.45) is 4.63. The molecule has 3 aromatic rings. The lowest BCUT2D eigenvalue weighted by Crippen LogP contribution is -2.04. The Hall–Kier alpha value is -4.07. The number of carbonyl (C=O) groups is 1. The average molecular weight is 512 g/mol. The van der Waals surface area contributed by atoms with Crippen LogP contribution in [0.15, 0.2) is 83.3 Å². The van der Waals surface area contributed by atoms with Crippen LogP contribution in [0.5, 0.6) is 5.75 Å². The van der Waals surface area contributed by atoms with Crippen LogP contribution in [0, 0.1) is 6.92 Å². The van der Waals surface area contributed by atoms with E-state index < -0.39 is 11.7 Å². The van der Waals surface area contributed by atoms with E-state index in [4.69, 9.17) is 13.9 Å². The third-order valence-corrected chi connectivity index (χ3v) is 5.36. The Bertz CT molecular complexity index is 1270. The van der Waals surface area contributed by atoms with Gasteiger partial charge in [-0.3, -0.25) is 0 Å². The molecule has 0 amide bonds. The van der Waals surface area contributed by atoms with Gasteiger partial charge in [0, 0.05) is 18.1 Å². The van der Waals surface area contributed by atoms with Gasteiger partial charge in [0.25, 0.3) is 0 Å². The van der Waals surface area contributed by atoms with Gasteiger partial charge < -0.3 is 13.9 Å². The third-order valence-electron chi connectivity index (χ3n) is 5.36. The molecule has 1 aromatic heterocycles. The number of allylic oxidation sites excluding steroid dienone is 5. The van der Waals surface area contributed by atoms with E-state index in [0.29, 0.717) is 42.4 Å². The van der Waals surface area contributed by atoms with Gasteiger partial charge in [-0.1, -0.05) is 36.4 Å². The van der Waals surface area contributed by atoms with E-state index in [0.717, 1.165) is 23.3 Å². The molecule has 194 valence electrons. The van der Waals surface area contributed by atoms with E-state index in [1.54, 1.807) is 26.0 Å². The van der Waals surface area contributed by atoms with Crippen LogP contribution >= 0.6 is 0 Å². The first-order chi connectivity index (χ1) is 17.7. The number of carbonyl (C=O) groups excluding carboxylic acids is 1. The van der Waals surface area contributed by atoms with Gasteiger partial charge in [0.2, 0.25) is 5.89 Å². The van der Waals surface area contributed by atoms with Crippen LogP contribution in [0.25, 0.3) is 17.0 Å². The molecule has 0 aliphatic carbocycles. The molecule has 3 rings (SSSR count). The van der Waals surface area contributed by atoms with Crippen molar-refractivity contribution in [1.29, 1.82) is 0 Å². The lowest BCUT2D eigenvalue weighted by molar-refractivity contribution is -0.138. The molecule has 0 aliphatic heterocycles. The first-order valence-electron chi connectivity index (χ1n) is 11.7. The average Bonchev–Trinajstić information content (AvgIpc) is 3.24. The number of nitrogens with zero attached hydrogens (tertiary/aromatic N) is 1. The summed E-state index contributed by atoms with van der Waals surface area (Å²) in [4.78, 5) is 15.7. The van der Waals surface area contributed by atoms with Crippen LogP contribution < -0.4 is 4.74 Å². The van der Waals surface area contributed by atoms with Crippen molar-refractivity contribution in [3.05, 3.63) is 101 Å². The molecular weight excluding hydrogens is 483 g/mol. The van der Waals surface area contributed by atoms with Gasteiger partial charge in [0.15, 0.2) is 0 Å². The number of aryl methyl sites for hydroxylation is 1. The molecule has 0 aliphatic rings. The van der Waals surface area contributed by atoms with E-state index in [-0.39, 0.29) is 11.9 Å². The molecule has 0 saturated carbocycles. The summed E-state index contributed by atoms with van der Waals surface area (Å²) in [5.41, 5.74) is 2.52. The number of rotatable bonds is 10. The highest BCUT2D eigenvalue weighted by atomic mass is 19.4. The maximum Gasteiger partial charge on any atom is 0.416 e. The van der Waals surface area contributed by atoms with Gasteiger partial charge in [0.05, 0.1) is 24.5 Å². The molecule has 8 heteroatoms. The Morgan fingerprint density at radius 3 is 2.38 bits per heavy atom. The SMILES string of the molecule is CCOC(=O)/C=C/C=C/C=C(\C)c1ccc(OCCc2nc(-c3ccc(C(F)(F)F)cc3)oc2C)cc1. The fourth-order valence-corrected chi connectivity index (χ4v) is 3.35. The van der Waals surface area contributed by atoms with Crippen LogP contribution in [0.1, 0.15) is 36.4 Å². The Kier molecular flexibility index (Phi) is 9.49. The lowest BCUT2D eigenvalue weighted by atomic mass is 10.1. The second-order valence-corrected chi connectivity index (χ2v) is 8.07. The number of esters is 1. The summed E-state index contributed by atoms with van der Waals surface area (Å²) >= 11 is 0. The van der Waals surface area contributed by atoms with Crippen LogP contribution in [0.4, 0.5) is 13.2 Å². The van der Waals surface area contributed by atoms with Gasteiger partial charge in [-0.05, 0) is 68.3 Å². The molecule has 0 bridgehead atoms. The Balaban J connectivity index is 1.52. The number of hydrogen-bond donors (Lipinski definition) is 0. The number of oxazole rings is 1. The maximum absolute atomic E-state index is 12.8. The first-order valence-corrected chi connectivity index (χ1v) is 11.7. The zero-order valence-electron chi connectivity index (χ0n) is 20.8. The molecule has 0 spiro atoms. The summed E-state index contributed by atoms with van der Waals surface area (Å²) in [5.74, 6) is 1.20. The number of alkyl halides is 3. The van der Waals surface area contributed by atoms with E-state index >= 15 is 0 Å². The smallest absolute Gasteiger partial charge is 0.416 e. The highest BCUT2D eigenvalue weighted by Gasteiger charge is 2.30. The van der Waals surface area contributed by atoms with Crippen LogP contribution in [0.2, 0.25) is 0 Å². The minimum Gasteiger partial charge on any atom is -0.493 e. The summed E-state index contributed by atoms with van der Waals surface area (Å²) in [5, 5.41) is 0. The van der Waals surface area contributed by atoms with Gasteiger partial charge in [0.1, 0.15) is 11.5 Å². The zero-order chi connectivity index (χ0) is 26.8. The maximum atomic E-state index is 12.8.